The van der Waals surface area contributed by atoms with E-state index in [1.54, 1.807) is 18.2 Å². The van der Waals surface area contributed by atoms with Crippen LogP contribution in [0, 0.1) is 0 Å². The molecule has 0 unspecified atom stereocenters. The van der Waals surface area contributed by atoms with Crippen LogP contribution in [0.4, 0.5) is 0 Å². The van der Waals surface area contributed by atoms with Gasteiger partial charge in [-0.3, -0.25) is 0 Å². The number of carbonyl (C=O) groups is 1. The van der Waals surface area contributed by atoms with Crippen molar-refractivity contribution in [3.05, 3.63) is 48.0 Å². The number of ether oxygens (including phenoxy) is 1. The number of aromatic carboxylic acids is 1. The second-order valence-electron chi connectivity index (χ2n) is 6.16. The van der Waals surface area contributed by atoms with E-state index in [4.69, 9.17) is 9.84 Å². The van der Waals surface area contributed by atoms with Gasteiger partial charge in [0.15, 0.2) is 0 Å². The summed E-state index contributed by atoms with van der Waals surface area (Å²) in [6, 6.07) is 12.6. The van der Waals surface area contributed by atoms with Crippen LogP contribution in [0.2, 0.25) is 0 Å². The first-order valence-electron chi connectivity index (χ1n) is 8.14. The third-order valence-corrected chi connectivity index (χ3v) is 3.85. The summed E-state index contributed by atoms with van der Waals surface area (Å²) in [6.45, 7) is 1.64. The zero-order valence-electron chi connectivity index (χ0n) is 14.3. The smallest absolute Gasteiger partial charge is 0.335 e. The Balaban J connectivity index is 1.78. The molecule has 0 aliphatic carbocycles. The van der Waals surface area contributed by atoms with Gasteiger partial charge in [0, 0.05) is 12.1 Å². The number of benzene rings is 2. The predicted molar refractivity (Wildman–Crippen MR) is 97.2 cm³/mol. The van der Waals surface area contributed by atoms with Crippen LogP contribution in [0.3, 0.4) is 0 Å². The molecule has 25 heavy (non-hydrogen) atoms. The quantitative estimate of drug-likeness (QED) is 0.646. The van der Waals surface area contributed by atoms with E-state index in [-0.39, 0.29) is 5.56 Å². The van der Waals surface area contributed by atoms with Gasteiger partial charge in [-0.15, -0.1) is 0 Å². The van der Waals surface area contributed by atoms with Crippen molar-refractivity contribution in [2.75, 3.05) is 27.2 Å². The molecule has 2 N–H and O–H groups in total. The number of nitrogens with zero attached hydrogens (tertiary/aromatic N) is 2. The number of hydrogen-bond donors (Lipinski definition) is 2. The van der Waals surface area contributed by atoms with Gasteiger partial charge in [0.05, 0.1) is 23.2 Å². The number of H-pyrrole nitrogens is 1. The lowest BCUT2D eigenvalue weighted by Crippen LogP contribution is -2.15. The highest BCUT2D eigenvalue weighted by atomic mass is 16.5. The molecule has 3 rings (SSSR count). The van der Waals surface area contributed by atoms with Gasteiger partial charge in [0.25, 0.3) is 0 Å². The van der Waals surface area contributed by atoms with E-state index in [0.29, 0.717) is 17.9 Å². The zero-order chi connectivity index (χ0) is 17.8. The first kappa shape index (κ1) is 17.0. The summed E-state index contributed by atoms with van der Waals surface area (Å²) >= 11 is 0. The van der Waals surface area contributed by atoms with Gasteiger partial charge in [-0.05, 0) is 50.8 Å². The summed E-state index contributed by atoms with van der Waals surface area (Å²) in [6.07, 6.45) is 0.958. The first-order chi connectivity index (χ1) is 12.0. The van der Waals surface area contributed by atoms with Gasteiger partial charge in [-0.25, -0.2) is 9.78 Å². The van der Waals surface area contributed by atoms with Crippen molar-refractivity contribution in [2.45, 2.75) is 6.42 Å². The molecule has 0 saturated heterocycles. The Morgan fingerprint density at radius 2 is 2.08 bits per heavy atom. The summed E-state index contributed by atoms with van der Waals surface area (Å²) < 4.78 is 5.80. The maximum Gasteiger partial charge on any atom is 0.335 e. The minimum atomic E-state index is -0.953. The number of carboxylic acids is 1. The second-order valence-corrected chi connectivity index (χ2v) is 6.16. The third kappa shape index (κ3) is 4.16. The summed E-state index contributed by atoms with van der Waals surface area (Å²) in [5, 5.41) is 9.09. The Bertz CT molecular complexity index is 887. The third-order valence-electron chi connectivity index (χ3n) is 3.85. The molecule has 0 aliphatic heterocycles. The largest absolute Gasteiger partial charge is 0.494 e. The highest BCUT2D eigenvalue weighted by molar-refractivity contribution is 5.93. The topological polar surface area (TPSA) is 78.4 Å². The Hall–Kier alpha value is -2.86. The maximum atomic E-state index is 11.1. The minimum absolute atomic E-state index is 0.237. The van der Waals surface area contributed by atoms with Crippen molar-refractivity contribution in [1.29, 1.82) is 0 Å². The lowest BCUT2D eigenvalue weighted by molar-refractivity contribution is 0.0697. The van der Waals surface area contributed by atoms with Gasteiger partial charge in [0.1, 0.15) is 11.6 Å². The standard InChI is InChI=1S/C19H21N3O3/c1-22(2)9-4-10-25-15-6-3-5-13(11-15)18-20-16-8-7-14(19(23)24)12-17(16)21-18/h3,5-8,11-12H,4,9-10H2,1-2H3,(H,20,21)(H,23,24). The van der Waals surface area contributed by atoms with Crippen LogP contribution in [0.25, 0.3) is 22.4 Å². The van der Waals surface area contributed by atoms with E-state index in [9.17, 15) is 4.79 Å². The number of imidazole rings is 1. The molecular formula is C19H21N3O3. The highest BCUT2D eigenvalue weighted by Crippen LogP contribution is 2.24. The number of rotatable bonds is 7. The first-order valence-corrected chi connectivity index (χ1v) is 8.14. The molecule has 1 aromatic heterocycles. The van der Waals surface area contributed by atoms with Gasteiger partial charge in [-0.1, -0.05) is 12.1 Å². The number of carboxylic acid groups (broad SMARTS) is 1. The molecule has 1 heterocycles. The van der Waals surface area contributed by atoms with Crippen LogP contribution in [0.1, 0.15) is 16.8 Å². The molecule has 0 bridgehead atoms. The van der Waals surface area contributed by atoms with Crippen molar-refractivity contribution in [1.82, 2.24) is 14.9 Å². The molecule has 0 amide bonds. The predicted octanol–water partition coefficient (Wildman–Crippen LogP) is 3.26. The Morgan fingerprint density at radius 3 is 2.84 bits per heavy atom. The summed E-state index contributed by atoms with van der Waals surface area (Å²) in [7, 11) is 4.08. The van der Waals surface area contributed by atoms with E-state index < -0.39 is 5.97 Å². The van der Waals surface area contributed by atoms with Crippen molar-refractivity contribution in [3.8, 4) is 17.1 Å². The Labute approximate surface area is 146 Å². The van der Waals surface area contributed by atoms with Crippen LogP contribution in [0.15, 0.2) is 42.5 Å². The van der Waals surface area contributed by atoms with E-state index >= 15 is 0 Å². The molecule has 2 aromatic carbocycles. The van der Waals surface area contributed by atoms with E-state index in [1.165, 1.54) is 0 Å². The highest BCUT2D eigenvalue weighted by Gasteiger charge is 2.09. The lowest BCUT2D eigenvalue weighted by Gasteiger charge is -2.10. The molecule has 0 aliphatic rings. The van der Waals surface area contributed by atoms with Gasteiger partial charge >= 0.3 is 5.97 Å². The number of fused-ring (bicyclic) bond motifs is 1. The van der Waals surface area contributed by atoms with E-state index in [1.807, 2.05) is 38.4 Å². The fraction of sp³-hybridized carbons (Fsp3) is 0.263. The molecule has 0 atom stereocenters. The summed E-state index contributed by atoms with van der Waals surface area (Å²) in [4.78, 5) is 20.9. The number of aromatic nitrogens is 2. The van der Waals surface area contributed by atoms with Gasteiger partial charge < -0.3 is 19.7 Å². The van der Waals surface area contributed by atoms with Crippen LogP contribution >= 0.6 is 0 Å². The molecule has 3 aromatic rings. The maximum absolute atomic E-state index is 11.1. The van der Waals surface area contributed by atoms with Crippen LogP contribution in [0.5, 0.6) is 5.75 Å². The Kier molecular flexibility index (Phi) is 5.00. The molecular weight excluding hydrogens is 318 g/mol. The fourth-order valence-corrected chi connectivity index (χ4v) is 2.58. The normalized spacial score (nSPS) is 11.2. The molecule has 130 valence electrons. The van der Waals surface area contributed by atoms with E-state index in [2.05, 4.69) is 14.9 Å². The van der Waals surface area contributed by atoms with Crippen LogP contribution in [-0.4, -0.2) is 53.2 Å². The van der Waals surface area contributed by atoms with E-state index in [0.717, 1.165) is 29.8 Å². The van der Waals surface area contributed by atoms with Crippen molar-refractivity contribution < 1.29 is 14.6 Å². The van der Waals surface area contributed by atoms with Crippen LogP contribution in [-0.2, 0) is 0 Å². The molecule has 0 radical (unpaired) electrons. The van der Waals surface area contributed by atoms with Crippen LogP contribution < -0.4 is 4.74 Å². The summed E-state index contributed by atoms with van der Waals surface area (Å²) in [5.41, 5.74) is 2.57. The van der Waals surface area contributed by atoms with Crippen molar-refractivity contribution >= 4 is 17.0 Å². The zero-order valence-corrected chi connectivity index (χ0v) is 14.3. The molecule has 0 fully saturated rings. The molecule has 6 heteroatoms. The van der Waals surface area contributed by atoms with Gasteiger partial charge in [-0.2, -0.15) is 0 Å². The summed E-state index contributed by atoms with van der Waals surface area (Å²) in [5.74, 6) is 0.533. The van der Waals surface area contributed by atoms with Gasteiger partial charge in [0.2, 0.25) is 0 Å². The number of hydrogen-bond acceptors (Lipinski definition) is 4. The molecule has 6 nitrogen and oxygen atoms in total. The molecule has 0 spiro atoms. The lowest BCUT2D eigenvalue weighted by atomic mass is 10.2. The second kappa shape index (κ2) is 7.36. The SMILES string of the molecule is CN(C)CCCOc1cccc(-c2nc3ccc(C(=O)O)cc3[nH]2)c1. The minimum Gasteiger partial charge on any atom is -0.494 e. The monoisotopic (exact) mass is 339 g/mol. The fourth-order valence-electron chi connectivity index (χ4n) is 2.58. The number of aromatic amines is 1. The van der Waals surface area contributed by atoms with Crippen molar-refractivity contribution in [3.63, 3.8) is 0 Å². The Morgan fingerprint density at radius 1 is 1.24 bits per heavy atom. The molecule has 0 saturated carbocycles. The number of nitrogens with one attached hydrogen (secondary N) is 1. The average Bonchev–Trinajstić information content (AvgIpc) is 3.02. The van der Waals surface area contributed by atoms with Crippen molar-refractivity contribution in [2.24, 2.45) is 0 Å². The average molecular weight is 339 g/mol.